The predicted octanol–water partition coefficient (Wildman–Crippen LogP) is 2.11. The van der Waals surface area contributed by atoms with Crippen molar-refractivity contribution < 1.29 is 19.4 Å². The topological polar surface area (TPSA) is 93.5 Å². The first-order valence-corrected chi connectivity index (χ1v) is 6.36. The Hall–Kier alpha value is -1.76. The maximum Gasteiger partial charge on any atom is 0.408 e. The van der Waals surface area contributed by atoms with Gasteiger partial charge in [-0.25, -0.2) is 4.79 Å². The van der Waals surface area contributed by atoms with E-state index in [1.165, 1.54) is 10.9 Å². The van der Waals surface area contributed by atoms with Crippen LogP contribution in [0.5, 0.6) is 0 Å². The average Bonchev–Trinajstić information content (AvgIpc) is 2.53. The van der Waals surface area contributed by atoms with Gasteiger partial charge in [-0.05, 0) is 20.8 Å². The molecular formula is C12H18ClN3O4. The van der Waals surface area contributed by atoms with Crippen LogP contribution >= 0.6 is 11.6 Å². The molecule has 0 unspecified atom stereocenters. The van der Waals surface area contributed by atoms with Crippen LogP contribution in [0.1, 0.15) is 38.9 Å². The highest BCUT2D eigenvalue weighted by Gasteiger charge is 2.26. The molecule has 1 amide bonds. The molecule has 0 aliphatic rings. The molecule has 1 heterocycles. The average molecular weight is 304 g/mol. The van der Waals surface area contributed by atoms with Crippen LogP contribution in [0.15, 0.2) is 6.20 Å². The molecule has 0 fully saturated rings. The van der Waals surface area contributed by atoms with Gasteiger partial charge in [0.25, 0.3) is 0 Å². The lowest BCUT2D eigenvalue weighted by Crippen LogP contribution is -2.36. The summed E-state index contributed by atoms with van der Waals surface area (Å²) >= 11 is 5.97. The number of nitrogens with zero attached hydrogens (tertiary/aromatic N) is 2. The second kappa shape index (κ2) is 6.13. The molecule has 0 radical (unpaired) electrons. The van der Waals surface area contributed by atoms with Crippen LogP contribution in [0.3, 0.4) is 0 Å². The Morgan fingerprint density at radius 1 is 1.55 bits per heavy atom. The van der Waals surface area contributed by atoms with E-state index in [1.54, 1.807) is 27.8 Å². The number of halogens is 1. The molecule has 0 aliphatic heterocycles. The number of aromatic nitrogens is 2. The van der Waals surface area contributed by atoms with Crippen molar-refractivity contribution in [3.63, 3.8) is 0 Å². The van der Waals surface area contributed by atoms with E-state index in [4.69, 9.17) is 21.4 Å². The maximum atomic E-state index is 11.8. The summed E-state index contributed by atoms with van der Waals surface area (Å²) in [5, 5.41) is 15.7. The van der Waals surface area contributed by atoms with Gasteiger partial charge in [-0.15, -0.1) is 0 Å². The van der Waals surface area contributed by atoms with Crippen LogP contribution < -0.4 is 5.32 Å². The van der Waals surface area contributed by atoms with Gasteiger partial charge in [0.15, 0.2) is 0 Å². The summed E-state index contributed by atoms with van der Waals surface area (Å²) in [6, 6.07) is -0.817. The first-order valence-electron chi connectivity index (χ1n) is 5.99. The van der Waals surface area contributed by atoms with Gasteiger partial charge in [0, 0.05) is 7.05 Å². The molecular weight excluding hydrogens is 286 g/mol. The van der Waals surface area contributed by atoms with Crippen LogP contribution in [0, 0.1) is 0 Å². The molecule has 8 heteroatoms. The third kappa shape index (κ3) is 4.73. The quantitative estimate of drug-likeness (QED) is 0.888. The molecule has 0 spiro atoms. The minimum absolute atomic E-state index is 0.287. The lowest BCUT2D eigenvalue weighted by atomic mass is 10.1. The summed E-state index contributed by atoms with van der Waals surface area (Å²) in [5.41, 5.74) is -0.256. The molecule has 7 nitrogen and oxygen atoms in total. The predicted molar refractivity (Wildman–Crippen MR) is 72.6 cm³/mol. The van der Waals surface area contributed by atoms with E-state index < -0.39 is 23.7 Å². The molecule has 112 valence electrons. The molecule has 0 bridgehead atoms. The zero-order valence-corrected chi connectivity index (χ0v) is 12.6. The largest absolute Gasteiger partial charge is 0.481 e. The number of hydrogen-bond donors (Lipinski definition) is 2. The van der Waals surface area contributed by atoms with Crippen molar-refractivity contribution in [1.82, 2.24) is 15.1 Å². The molecule has 0 saturated heterocycles. The number of amides is 1. The number of aliphatic carboxylic acids is 1. The van der Waals surface area contributed by atoms with Gasteiger partial charge in [-0.1, -0.05) is 11.6 Å². The third-order valence-corrected chi connectivity index (χ3v) is 2.63. The number of rotatable bonds is 4. The number of hydrogen-bond acceptors (Lipinski definition) is 4. The Labute approximate surface area is 121 Å². The minimum atomic E-state index is -1.07. The van der Waals surface area contributed by atoms with Crippen molar-refractivity contribution in [2.75, 3.05) is 0 Å². The SMILES string of the molecule is Cn1ncc(Cl)c1[C@H](CC(=O)O)NC(=O)OC(C)(C)C. The van der Waals surface area contributed by atoms with Crippen molar-refractivity contribution in [3.05, 3.63) is 16.9 Å². The van der Waals surface area contributed by atoms with E-state index in [9.17, 15) is 9.59 Å². The Bertz CT molecular complexity index is 488. The van der Waals surface area contributed by atoms with Gasteiger partial charge in [0.1, 0.15) is 5.60 Å². The van der Waals surface area contributed by atoms with Gasteiger partial charge in [-0.2, -0.15) is 5.10 Å². The summed E-state index contributed by atoms with van der Waals surface area (Å²) < 4.78 is 6.54. The van der Waals surface area contributed by atoms with Crippen molar-refractivity contribution >= 4 is 23.7 Å². The molecule has 1 rings (SSSR count). The highest BCUT2D eigenvalue weighted by Crippen LogP contribution is 2.25. The normalized spacial score (nSPS) is 12.8. The standard InChI is InChI=1S/C12H18ClN3O4/c1-12(2,3)20-11(19)15-8(5-9(17)18)10-7(13)6-14-16(10)4/h6,8H,5H2,1-4H3,(H,15,19)(H,17,18)/t8-/m0/s1. The number of alkyl carbamates (subject to hydrolysis) is 1. The van der Waals surface area contributed by atoms with E-state index in [1.807, 2.05) is 0 Å². The number of carbonyl (C=O) groups is 2. The van der Waals surface area contributed by atoms with Crippen molar-refractivity contribution in [3.8, 4) is 0 Å². The highest BCUT2D eigenvalue weighted by molar-refractivity contribution is 6.31. The molecule has 1 aromatic rings. The molecule has 0 aliphatic carbocycles. The van der Waals surface area contributed by atoms with Crippen LogP contribution in [-0.4, -0.2) is 32.6 Å². The summed E-state index contributed by atoms with van der Waals surface area (Å²) in [6.45, 7) is 5.15. The van der Waals surface area contributed by atoms with Gasteiger partial charge in [-0.3, -0.25) is 9.48 Å². The number of ether oxygens (including phenoxy) is 1. The zero-order chi connectivity index (χ0) is 15.5. The smallest absolute Gasteiger partial charge is 0.408 e. The van der Waals surface area contributed by atoms with Gasteiger partial charge in [0.05, 0.1) is 29.4 Å². The Balaban J connectivity index is 2.91. The fraction of sp³-hybridized carbons (Fsp3) is 0.583. The maximum absolute atomic E-state index is 11.8. The summed E-state index contributed by atoms with van der Waals surface area (Å²) in [4.78, 5) is 22.7. The van der Waals surface area contributed by atoms with Gasteiger partial charge in [0.2, 0.25) is 0 Å². The van der Waals surface area contributed by atoms with Crippen LogP contribution in [0.25, 0.3) is 0 Å². The zero-order valence-electron chi connectivity index (χ0n) is 11.8. The van der Waals surface area contributed by atoms with E-state index in [-0.39, 0.29) is 11.4 Å². The Morgan fingerprint density at radius 3 is 2.55 bits per heavy atom. The first-order chi connectivity index (χ1) is 9.10. The van der Waals surface area contributed by atoms with Crippen LogP contribution in [0.4, 0.5) is 4.79 Å². The molecule has 0 aromatic carbocycles. The third-order valence-electron chi connectivity index (χ3n) is 2.34. The number of nitrogens with one attached hydrogen (secondary N) is 1. The van der Waals surface area contributed by atoms with E-state index >= 15 is 0 Å². The van der Waals surface area contributed by atoms with Gasteiger partial charge >= 0.3 is 12.1 Å². The Morgan fingerprint density at radius 2 is 2.15 bits per heavy atom. The number of carbonyl (C=O) groups excluding carboxylic acids is 1. The fourth-order valence-corrected chi connectivity index (χ4v) is 1.95. The molecule has 1 atom stereocenters. The van der Waals surface area contributed by atoms with E-state index in [0.29, 0.717) is 5.69 Å². The van der Waals surface area contributed by atoms with Crippen molar-refractivity contribution in [2.24, 2.45) is 7.05 Å². The lowest BCUT2D eigenvalue weighted by molar-refractivity contribution is -0.137. The first kappa shape index (κ1) is 16.3. The second-order valence-electron chi connectivity index (χ2n) is 5.30. The molecule has 20 heavy (non-hydrogen) atoms. The summed E-state index contributed by atoms with van der Waals surface area (Å²) in [5.74, 6) is -1.07. The minimum Gasteiger partial charge on any atom is -0.481 e. The molecule has 1 aromatic heterocycles. The second-order valence-corrected chi connectivity index (χ2v) is 5.71. The van der Waals surface area contributed by atoms with Crippen LogP contribution in [-0.2, 0) is 16.6 Å². The van der Waals surface area contributed by atoms with Crippen molar-refractivity contribution in [1.29, 1.82) is 0 Å². The van der Waals surface area contributed by atoms with Gasteiger partial charge < -0.3 is 15.2 Å². The Kier molecular flexibility index (Phi) is 4.99. The number of carboxylic acids is 1. The molecule has 2 N–H and O–H groups in total. The monoisotopic (exact) mass is 303 g/mol. The van der Waals surface area contributed by atoms with E-state index in [2.05, 4.69) is 10.4 Å². The fourth-order valence-electron chi connectivity index (χ4n) is 1.65. The van der Waals surface area contributed by atoms with Crippen LogP contribution in [0.2, 0.25) is 5.02 Å². The van der Waals surface area contributed by atoms with E-state index in [0.717, 1.165) is 0 Å². The number of carboxylic acid groups (broad SMARTS) is 1. The lowest BCUT2D eigenvalue weighted by Gasteiger charge is -2.23. The number of aryl methyl sites for hydroxylation is 1. The summed E-state index contributed by atoms with van der Waals surface area (Å²) in [6.07, 6.45) is 0.363. The van der Waals surface area contributed by atoms with Crippen molar-refractivity contribution in [2.45, 2.75) is 38.8 Å². The molecule has 0 saturated carbocycles. The summed E-state index contributed by atoms with van der Waals surface area (Å²) in [7, 11) is 1.62. The highest BCUT2D eigenvalue weighted by atomic mass is 35.5.